The van der Waals surface area contributed by atoms with E-state index in [0.29, 0.717) is 6.54 Å². The van der Waals surface area contributed by atoms with Gasteiger partial charge in [0.2, 0.25) is 5.91 Å². The topological polar surface area (TPSA) is 59.0 Å². The van der Waals surface area contributed by atoms with E-state index in [1.165, 1.54) is 10.9 Å². The van der Waals surface area contributed by atoms with Crippen LogP contribution in [-0.2, 0) is 17.8 Å². The molecule has 27 heavy (non-hydrogen) atoms. The van der Waals surface area contributed by atoms with Crippen LogP contribution in [0.15, 0.2) is 60.9 Å². The zero-order valence-electron chi connectivity index (χ0n) is 15.5. The molecule has 2 aromatic carbocycles. The van der Waals surface area contributed by atoms with Crippen LogP contribution in [0, 0.1) is 0 Å². The SMILES string of the molecule is COc1ccc2c(ccn2CC(=O)N[C@H](C)Cc2c[nH]c3ccccc23)c1. The summed E-state index contributed by atoms with van der Waals surface area (Å²) in [6, 6.07) is 16.2. The first kappa shape index (κ1) is 17.2. The Hall–Kier alpha value is -3.21. The molecule has 0 saturated carbocycles. The Morgan fingerprint density at radius 2 is 2.07 bits per heavy atom. The number of amides is 1. The van der Waals surface area contributed by atoms with Crippen LogP contribution in [0.2, 0.25) is 0 Å². The third kappa shape index (κ3) is 3.53. The lowest BCUT2D eigenvalue weighted by Gasteiger charge is -2.14. The number of carbonyl (C=O) groups is 1. The summed E-state index contributed by atoms with van der Waals surface area (Å²) in [6.07, 6.45) is 4.76. The highest BCUT2D eigenvalue weighted by Gasteiger charge is 2.12. The van der Waals surface area contributed by atoms with Gasteiger partial charge in [-0.2, -0.15) is 0 Å². The molecule has 2 aromatic heterocycles. The van der Waals surface area contributed by atoms with Crippen LogP contribution in [0.4, 0.5) is 0 Å². The molecule has 2 N–H and O–H groups in total. The Bertz CT molecular complexity index is 1090. The largest absolute Gasteiger partial charge is 0.497 e. The van der Waals surface area contributed by atoms with Crippen LogP contribution < -0.4 is 10.1 Å². The Balaban J connectivity index is 1.42. The van der Waals surface area contributed by atoms with Gasteiger partial charge in [-0.25, -0.2) is 0 Å². The number of hydrogen-bond acceptors (Lipinski definition) is 2. The molecule has 0 fully saturated rings. The summed E-state index contributed by atoms with van der Waals surface area (Å²) < 4.78 is 7.22. The van der Waals surface area contributed by atoms with Crippen LogP contribution in [0.5, 0.6) is 5.75 Å². The Labute approximate surface area is 157 Å². The summed E-state index contributed by atoms with van der Waals surface area (Å²) in [5.74, 6) is 0.827. The molecule has 0 aliphatic rings. The quantitative estimate of drug-likeness (QED) is 0.548. The molecule has 138 valence electrons. The number of benzene rings is 2. The highest BCUT2D eigenvalue weighted by atomic mass is 16.5. The van der Waals surface area contributed by atoms with E-state index >= 15 is 0 Å². The van der Waals surface area contributed by atoms with Crippen LogP contribution in [0.1, 0.15) is 12.5 Å². The standard InChI is InChI=1S/C22H23N3O2/c1-15(11-17-13-23-20-6-4-3-5-19(17)20)24-22(26)14-25-10-9-16-12-18(27-2)7-8-21(16)25/h3-10,12-13,15,23H,11,14H2,1-2H3,(H,24,26)/t15-/m1/s1. The van der Waals surface area contributed by atoms with Crippen molar-refractivity contribution in [2.24, 2.45) is 0 Å². The minimum Gasteiger partial charge on any atom is -0.497 e. The van der Waals surface area contributed by atoms with E-state index in [-0.39, 0.29) is 11.9 Å². The van der Waals surface area contributed by atoms with Crippen molar-refractivity contribution in [1.82, 2.24) is 14.9 Å². The summed E-state index contributed by atoms with van der Waals surface area (Å²) in [7, 11) is 1.65. The number of aromatic nitrogens is 2. The van der Waals surface area contributed by atoms with Crippen molar-refractivity contribution in [2.75, 3.05) is 7.11 Å². The molecule has 5 nitrogen and oxygen atoms in total. The number of ether oxygens (including phenoxy) is 1. The molecule has 0 bridgehead atoms. The van der Waals surface area contributed by atoms with Crippen LogP contribution >= 0.6 is 0 Å². The zero-order valence-corrected chi connectivity index (χ0v) is 15.5. The smallest absolute Gasteiger partial charge is 0.240 e. The van der Waals surface area contributed by atoms with E-state index in [0.717, 1.165) is 28.6 Å². The van der Waals surface area contributed by atoms with Gasteiger partial charge in [-0.3, -0.25) is 4.79 Å². The monoisotopic (exact) mass is 361 g/mol. The van der Waals surface area contributed by atoms with Gasteiger partial charge in [0.15, 0.2) is 0 Å². The van der Waals surface area contributed by atoms with Gasteiger partial charge in [-0.1, -0.05) is 18.2 Å². The van der Waals surface area contributed by atoms with Gasteiger partial charge < -0.3 is 19.6 Å². The molecule has 0 spiro atoms. The van der Waals surface area contributed by atoms with Crippen LogP contribution in [0.3, 0.4) is 0 Å². The lowest BCUT2D eigenvalue weighted by Crippen LogP contribution is -2.36. The predicted molar refractivity (Wildman–Crippen MR) is 108 cm³/mol. The second kappa shape index (κ2) is 7.19. The van der Waals surface area contributed by atoms with Crippen molar-refractivity contribution in [3.63, 3.8) is 0 Å². The Morgan fingerprint density at radius 3 is 2.93 bits per heavy atom. The van der Waals surface area contributed by atoms with Gasteiger partial charge in [0.05, 0.1) is 7.11 Å². The molecule has 0 aliphatic heterocycles. The second-order valence-corrected chi connectivity index (χ2v) is 6.90. The predicted octanol–water partition coefficient (Wildman–Crippen LogP) is 3.88. The van der Waals surface area contributed by atoms with E-state index in [4.69, 9.17) is 4.74 Å². The van der Waals surface area contributed by atoms with E-state index in [1.54, 1.807) is 7.11 Å². The number of aromatic amines is 1. The molecule has 5 heteroatoms. The maximum absolute atomic E-state index is 12.5. The maximum atomic E-state index is 12.5. The third-order valence-electron chi connectivity index (χ3n) is 4.90. The number of rotatable bonds is 6. The van der Waals surface area contributed by atoms with Crippen LogP contribution in [-0.4, -0.2) is 28.6 Å². The summed E-state index contributed by atoms with van der Waals surface area (Å²) in [5, 5.41) is 5.39. The van der Waals surface area contributed by atoms with Gasteiger partial charge in [0, 0.05) is 40.2 Å². The Morgan fingerprint density at radius 1 is 1.22 bits per heavy atom. The summed E-state index contributed by atoms with van der Waals surface area (Å²) in [6.45, 7) is 2.34. The van der Waals surface area contributed by atoms with E-state index in [2.05, 4.69) is 22.4 Å². The molecule has 0 aliphatic carbocycles. The average Bonchev–Trinajstić information content (AvgIpc) is 3.25. The van der Waals surface area contributed by atoms with E-state index in [9.17, 15) is 4.79 Å². The van der Waals surface area contributed by atoms with Gasteiger partial charge in [0.1, 0.15) is 12.3 Å². The number of para-hydroxylation sites is 1. The summed E-state index contributed by atoms with van der Waals surface area (Å²) in [4.78, 5) is 15.8. The molecular weight excluding hydrogens is 338 g/mol. The number of nitrogens with one attached hydrogen (secondary N) is 2. The molecule has 0 radical (unpaired) electrons. The molecular formula is C22H23N3O2. The number of fused-ring (bicyclic) bond motifs is 2. The lowest BCUT2D eigenvalue weighted by atomic mass is 10.1. The first-order valence-corrected chi connectivity index (χ1v) is 9.11. The molecule has 1 amide bonds. The molecule has 4 rings (SSSR count). The molecule has 2 heterocycles. The van der Waals surface area contributed by atoms with Crippen LogP contribution in [0.25, 0.3) is 21.8 Å². The number of hydrogen-bond donors (Lipinski definition) is 2. The first-order chi connectivity index (χ1) is 13.1. The molecule has 0 unspecified atom stereocenters. The van der Waals surface area contributed by atoms with Crippen molar-refractivity contribution >= 4 is 27.7 Å². The molecule has 1 atom stereocenters. The number of H-pyrrole nitrogens is 1. The van der Waals surface area contributed by atoms with Crippen molar-refractivity contribution in [3.8, 4) is 5.75 Å². The number of methoxy groups -OCH3 is 1. The molecule has 4 aromatic rings. The summed E-state index contributed by atoms with van der Waals surface area (Å²) in [5.41, 5.74) is 3.37. The highest BCUT2D eigenvalue weighted by Crippen LogP contribution is 2.22. The Kier molecular flexibility index (Phi) is 4.59. The average molecular weight is 361 g/mol. The normalized spacial score (nSPS) is 12.4. The first-order valence-electron chi connectivity index (χ1n) is 9.11. The van der Waals surface area contributed by atoms with Gasteiger partial charge in [-0.15, -0.1) is 0 Å². The highest BCUT2D eigenvalue weighted by molar-refractivity contribution is 5.85. The summed E-state index contributed by atoms with van der Waals surface area (Å²) >= 11 is 0. The van der Waals surface area contributed by atoms with Gasteiger partial charge >= 0.3 is 0 Å². The van der Waals surface area contributed by atoms with Crippen molar-refractivity contribution < 1.29 is 9.53 Å². The number of carbonyl (C=O) groups excluding carboxylic acids is 1. The van der Waals surface area contributed by atoms with E-state index in [1.807, 2.05) is 60.3 Å². The molecule has 0 saturated heterocycles. The maximum Gasteiger partial charge on any atom is 0.240 e. The van der Waals surface area contributed by atoms with Crippen molar-refractivity contribution in [2.45, 2.75) is 25.9 Å². The van der Waals surface area contributed by atoms with Gasteiger partial charge in [0.25, 0.3) is 0 Å². The van der Waals surface area contributed by atoms with Crippen molar-refractivity contribution in [1.29, 1.82) is 0 Å². The number of nitrogens with zero attached hydrogens (tertiary/aromatic N) is 1. The third-order valence-corrected chi connectivity index (χ3v) is 4.90. The van der Waals surface area contributed by atoms with E-state index < -0.39 is 0 Å². The fourth-order valence-corrected chi connectivity index (χ4v) is 3.60. The van der Waals surface area contributed by atoms with Crippen molar-refractivity contribution in [3.05, 3.63) is 66.5 Å². The minimum absolute atomic E-state index is 0.00987. The minimum atomic E-state index is 0.00987. The fraction of sp³-hybridized carbons (Fsp3) is 0.227. The second-order valence-electron chi connectivity index (χ2n) is 6.90. The fourth-order valence-electron chi connectivity index (χ4n) is 3.60. The zero-order chi connectivity index (χ0) is 18.8. The lowest BCUT2D eigenvalue weighted by molar-refractivity contribution is -0.122. The van der Waals surface area contributed by atoms with Gasteiger partial charge in [-0.05, 0) is 49.2 Å².